The predicted molar refractivity (Wildman–Crippen MR) is 69.4 cm³/mol. The van der Waals surface area contributed by atoms with E-state index < -0.39 is 0 Å². The molecule has 0 bridgehead atoms. The third kappa shape index (κ3) is 1.72. The average Bonchev–Trinajstić information content (AvgIpc) is 3.13. The van der Waals surface area contributed by atoms with Crippen LogP contribution in [0.3, 0.4) is 0 Å². The molecule has 1 heterocycles. The van der Waals surface area contributed by atoms with Gasteiger partial charge in [-0.05, 0) is 31.9 Å². The molecule has 1 saturated carbocycles. The third-order valence-corrected chi connectivity index (χ3v) is 3.24. The third-order valence-electron chi connectivity index (χ3n) is 3.24. The summed E-state index contributed by atoms with van der Waals surface area (Å²) >= 11 is 0. The highest BCUT2D eigenvalue weighted by molar-refractivity contribution is 5.68. The lowest BCUT2D eigenvalue weighted by molar-refractivity contribution is 0.416. The highest BCUT2D eigenvalue weighted by Crippen LogP contribution is 2.40. The second-order valence-corrected chi connectivity index (χ2v) is 4.63. The lowest BCUT2D eigenvalue weighted by Crippen LogP contribution is -2.01. The van der Waals surface area contributed by atoms with E-state index in [1.54, 1.807) is 7.11 Å². The zero-order valence-electron chi connectivity index (χ0n) is 10.6. The minimum atomic E-state index is 0.539. The lowest BCUT2D eigenvalue weighted by atomic mass is 10.1. The number of nitrogens with two attached hydrogens (primary N) is 1. The predicted octanol–water partition coefficient (Wildman–Crippen LogP) is 2.18. The second-order valence-electron chi connectivity index (χ2n) is 4.63. The first-order valence-electron chi connectivity index (χ1n) is 6.06. The van der Waals surface area contributed by atoms with Crippen molar-refractivity contribution in [2.75, 3.05) is 12.8 Å². The second kappa shape index (κ2) is 4.01. The topological polar surface area (TPSA) is 66.0 Å². The summed E-state index contributed by atoms with van der Waals surface area (Å²) < 4.78 is 7.57. The van der Waals surface area contributed by atoms with E-state index in [4.69, 9.17) is 10.5 Å². The number of hydrogen-bond acceptors (Lipinski definition) is 4. The van der Waals surface area contributed by atoms with Crippen LogP contribution in [0, 0.1) is 6.92 Å². The van der Waals surface area contributed by atoms with Crippen LogP contribution in [0.4, 0.5) is 5.69 Å². The van der Waals surface area contributed by atoms with Crippen LogP contribution in [0.5, 0.6) is 5.75 Å². The van der Waals surface area contributed by atoms with Crippen LogP contribution >= 0.6 is 0 Å². The van der Waals surface area contributed by atoms with Gasteiger partial charge in [0, 0.05) is 17.8 Å². The Morgan fingerprint density at radius 3 is 2.78 bits per heavy atom. The Balaban J connectivity index is 2.14. The molecule has 18 heavy (non-hydrogen) atoms. The molecule has 0 aliphatic heterocycles. The molecule has 94 valence electrons. The van der Waals surface area contributed by atoms with Crippen LogP contribution in [0.2, 0.25) is 0 Å². The first kappa shape index (κ1) is 11.1. The van der Waals surface area contributed by atoms with E-state index in [1.165, 1.54) is 12.8 Å². The van der Waals surface area contributed by atoms with Gasteiger partial charge in [0.05, 0.1) is 12.7 Å². The molecule has 0 spiro atoms. The van der Waals surface area contributed by atoms with E-state index in [0.717, 1.165) is 23.0 Å². The molecule has 5 nitrogen and oxygen atoms in total. The fourth-order valence-corrected chi connectivity index (χ4v) is 2.22. The maximum atomic E-state index is 5.77. The summed E-state index contributed by atoms with van der Waals surface area (Å²) in [7, 11) is 1.64. The Kier molecular flexibility index (Phi) is 2.47. The maximum absolute atomic E-state index is 5.77. The molecule has 5 heteroatoms. The van der Waals surface area contributed by atoms with Crippen molar-refractivity contribution in [3.05, 3.63) is 24.0 Å². The quantitative estimate of drug-likeness (QED) is 0.840. The van der Waals surface area contributed by atoms with E-state index >= 15 is 0 Å². The number of nitrogen functional groups attached to an aromatic ring is 1. The SMILES string of the molecule is COc1cc(N)ccc1-c1nnc(C)n1C1CC1. The molecule has 1 aromatic heterocycles. The minimum Gasteiger partial charge on any atom is -0.496 e. The fraction of sp³-hybridized carbons (Fsp3) is 0.385. The number of benzene rings is 1. The highest BCUT2D eigenvalue weighted by atomic mass is 16.5. The number of nitrogens with zero attached hydrogens (tertiary/aromatic N) is 3. The molecule has 2 N–H and O–H groups in total. The number of aromatic nitrogens is 3. The highest BCUT2D eigenvalue weighted by Gasteiger charge is 2.29. The summed E-state index contributed by atoms with van der Waals surface area (Å²) in [6, 6.07) is 6.16. The van der Waals surface area contributed by atoms with E-state index in [1.807, 2.05) is 25.1 Å². The number of hydrogen-bond donors (Lipinski definition) is 1. The van der Waals surface area contributed by atoms with Gasteiger partial charge in [-0.3, -0.25) is 0 Å². The Hall–Kier alpha value is -2.04. The number of rotatable bonds is 3. The smallest absolute Gasteiger partial charge is 0.167 e. The fourth-order valence-electron chi connectivity index (χ4n) is 2.22. The monoisotopic (exact) mass is 244 g/mol. The van der Waals surface area contributed by atoms with Crippen LogP contribution in [0.15, 0.2) is 18.2 Å². The minimum absolute atomic E-state index is 0.539. The van der Waals surface area contributed by atoms with Crippen LogP contribution < -0.4 is 10.5 Å². The van der Waals surface area contributed by atoms with Crippen molar-refractivity contribution in [1.29, 1.82) is 0 Å². The Bertz CT molecular complexity index is 587. The molecule has 0 radical (unpaired) electrons. The van der Waals surface area contributed by atoms with Gasteiger partial charge in [0.2, 0.25) is 0 Å². The largest absolute Gasteiger partial charge is 0.496 e. The molecule has 0 saturated heterocycles. The first-order chi connectivity index (χ1) is 8.70. The van der Waals surface area contributed by atoms with Gasteiger partial charge in [-0.2, -0.15) is 0 Å². The van der Waals surface area contributed by atoms with Gasteiger partial charge in [-0.1, -0.05) is 0 Å². The molecular formula is C13H16N4O. The van der Waals surface area contributed by atoms with Crippen molar-refractivity contribution in [2.45, 2.75) is 25.8 Å². The van der Waals surface area contributed by atoms with Crippen molar-refractivity contribution in [2.24, 2.45) is 0 Å². The van der Waals surface area contributed by atoms with E-state index in [-0.39, 0.29) is 0 Å². The molecule has 0 unspecified atom stereocenters. The molecule has 3 rings (SSSR count). The maximum Gasteiger partial charge on any atom is 0.167 e. The summed E-state index contributed by atoms with van der Waals surface area (Å²) in [6.45, 7) is 1.98. The van der Waals surface area contributed by atoms with Gasteiger partial charge in [-0.15, -0.1) is 10.2 Å². The van der Waals surface area contributed by atoms with Crippen molar-refractivity contribution in [3.8, 4) is 17.1 Å². The van der Waals surface area contributed by atoms with Crippen molar-refractivity contribution >= 4 is 5.69 Å². The summed E-state index contributed by atoms with van der Waals surface area (Å²) in [5.41, 5.74) is 7.40. The van der Waals surface area contributed by atoms with Crippen LogP contribution in [-0.2, 0) is 0 Å². The van der Waals surface area contributed by atoms with Gasteiger partial charge in [0.1, 0.15) is 11.6 Å². The summed E-state index contributed by atoms with van der Waals surface area (Å²) in [4.78, 5) is 0. The van der Waals surface area contributed by atoms with Crippen molar-refractivity contribution < 1.29 is 4.74 Å². The molecule has 1 aliphatic rings. The van der Waals surface area contributed by atoms with Crippen LogP contribution in [-0.4, -0.2) is 21.9 Å². The average molecular weight is 244 g/mol. The standard InChI is InChI=1S/C13H16N4O/c1-8-15-16-13(17(8)10-4-5-10)11-6-3-9(14)7-12(11)18-2/h3,6-7,10H,4-5,14H2,1-2H3. The van der Waals surface area contributed by atoms with Gasteiger partial charge >= 0.3 is 0 Å². The normalized spacial score (nSPS) is 14.8. The molecule has 2 aromatic rings. The molecule has 1 aromatic carbocycles. The van der Waals surface area contributed by atoms with E-state index in [0.29, 0.717) is 11.7 Å². The summed E-state index contributed by atoms with van der Waals surface area (Å²) in [5.74, 6) is 2.56. The van der Waals surface area contributed by atoms with Gasteiger partial charge in [0.15, 0.2) is 5.82 Å². The van der Waals surface area contributed by atoms with Crippen LogP contribution in [0.25, 0.3) is 11.4 Å². The number of ether oxygens (including phenoxy) is 1. The van der Waals surface area contributed by atoms with Gasteiger partial charge in [-0.25, -0.2) is 0 Å². The Morgan fingerprint density at radius 2 is 2.11 bits per heavy atom. The number of aryl methyl sites for hydroxylation is 1. The van der Waals surface area contributed by atoms with Crippen molar-refractivity contribution in [3.63, 3.8) is 0 Å². The number of anilines is 1. The van der Waals surface area contributed by atoms with E-state index in [9.17, 15) is 0 Å². The molecular weight excluding hydrogens is 228 g/mol. The molecule has 1 fully saturated rings. The molecule has 1 aliphatic carbocycles. The Labute approximate surface area is 106 Å². The zero-order chi connectivity index (χ0) is 12.7. The summed E-state index contributed by atoms with van der Waals surface area (Å²) in [6.07, 6.45) is 2.40. The van der Waals surface area contributed by atoms with Gasteiger partial charge in [0.25, 0.3) is 0 Å². The Morgan fingerprint density at radius 1 is 1.33 bits per heavy atom. The lowest BCUT2D eigenvalue weighted by Gasteiger charge is -2.11. The molecule has 0 atom stereocenters. The zero-order valence-corrected chi connectivity index (χ0v) is 10.6. The first-order valence-corrected chi connectivity index (χ1v) is 6.06. The van der Waals surface area contributed by atoms with E-state index in [2.05, 4.69) is 14.8 Å². The summed E-state index contributed by atoms with van der Waals surface area (Å²) in [5, 5.41) is 8.46. The molecule has 0 amide bonds. The number of methoxy groups -OCH3 is 1. The van der Waals surface area contributed by atoms with Crippen LogP contribution in [0.1, 0.15) is 24.7 Å². The van der Waals surface area contributed by atoms with Crippen molar-refractivity contribution in [1.82, 2.24) is 14.8 Å². The van der Waals surface area contributed by atoms with Gasteiger partial charge < -0.3 is 15.0 Å².